The van der Waals surface area contributed by atoms with Gasteiger partial charge in [0.05, 0.1) is 46.2 Å². The van der Waals surface area contributed by atoms with E-state index in [0.29, 0.717) is 54.7 Å². The van der Waals surface area contributed by atoms with Crippen molar-refractivity contribution in [3.8, 4) is 5.75 Å². The minimum absolute atomic E-state index is 0.117. The summed E-state index contributed by atoms with van der Waals surface area (Å²) in [6, 6.07) is 9.96. The average molecular weight is 686 g/mol. The molecule has 3 N–H and O–H groups in total. The fraction of sp³-hybridized carbons (Fsp3) is 0.375. The van der Waals surface area contributed by atoms with Crippen LogP contribution in [0.15, 0.2) is 60.1 Å². The van der Waals surface area contributed by atoms with Crippen molar-refractivity contribution in [1.29, 1.82) is 0 Å². The monoisotopic (exact) mass is 685 g/mol. The van der Waals surface area contributed by atoms with E-state index in [1.807, 2.05) is 25.7 Å². The predicted molar refractivity (Wildman–Crippen MR) is 184 cm³/mol. The molecule has 2 aromatic carbocycles. The maximum Gasteiger partial charge on any atom is 0.410 e. The number of hydrogen-bond donors (Lipinski definition) is 3. The molecule has 1 aliphatic heterocycles. The van der Waals surface area contributed by atoms with Crippen LogP contribution < -0.4 is 25.6 Å². The number of aromatic nitrogens is 2. The van der Waals surface area contributed by atoms with E-state index >= 15 is 0 Å². The first-order valence-corrected chi connectivity index (χ1v) is 16.8. The zero-order valence-electron chi connectivity index (χ0n) is 27.3. The lowest BCUT2D eigenvalue weighted by Gasteiger charge is -2.37. The van der Waals surface area contributed by atoms with Gasteiger partial charge in [-0.3, -0.25) is 4.79 Å². The van der Waals surface area contributed by atoms with Gasteiger partial charge in [0.1, 0.15) is 16.4 Å². The van der Waals surface area contributed by atoms with Crippen LogP contribution in [0.4, 0.5) is 39.3 Å². The van der Waals surface area contributed by atoms with Crippen molar-refractivity contribution in [1.82, 2.24) is 14.9 Å². The molecule has 252 valence electrons. The van der Waals surface area contributed by atoms with Crippen molar-refractivity contribution in [2.45, 2.75) is 50.4 Å². The maximum atomic E-state index is 13.0. The highest BCUT2D eigenvalue weighted by Crippen LogP contribution is 2.39. The zero-order chi connectivity index (χ0) is 34.5. The Labute approximate surface area is 280 Å². The number of rotatable bonds is 10. The van der Waals surface area contributed by atoms with E-state index in [4.69, 9.17) is 21.1 Å². The Hall–Kier alpha value is -4.56. The Morgan fingerprint density at radius 2 is 1.72 bits per heavy atom. The number of halogens is 1. The first-order valence-electron chi connectivity index (χ1n) is 14.9. The fourth-order valence-corrected chi connectivity index (χ4v) is 6.01. The molecule has 1 aromatic heterocycles. The standard InChI is InChI=1S/C32H40ClN7O6S/c1-8-28(41)35-23-17-24(26(45-7)18-25(23)39-13-15-40(16-14-39)31(42)46-32(4,5)6)37-30-34-19-21(33)29(38-30)36-22-11-9-10-12-27(22)47(43,44)20(2)3/h8-12,17-20H,1,13-16H2,2-7H3,(H,35,41)(H2,34,36,37,38). The lowest BCUT2D eigenvalue weighted by molar-refractivity contribution is -0.111. The molecule has 1 saturated heterocycles. The van der Waals surface area contributed by atoms with Crippen LogP contribution in [0.5, 0.6) is 5.75 Å². The molecule has 47 heavy (non-hydrogen) atoms. The molecule has 0 spiro atoms. The van der Waals surface area contributed by atoms with Crippen molar-refractivity contribution in [2.24, 2.45) is 0 Å². The van der Waals surface area contributed by atoms with E-state index in [0.717, 1.165) is 0 Å². The Kier molecular flexibility index (Phi) is 10.9. The third-order valence-corrected chi connectivity index (χ3v) is 9.58. The van der Waals surface area contributed by atoms with E-state index in [9.17, 15) is 18.0 Å². The normalized spacial score (nSPS) is 13.6. The van der Waals surface area contributed by atoms with Crippen LogP contribution in [0.1, 0.15) is 34.6 Å². The fourth-order valence-electron chi connectivity index (χ4n) is 4.67. The molecule has 0 unspecified atom stereocenters. The molecule has 4 rings (SSSR count). The van der Waals surface area contributed by atoms with Gasteiger partial charge in [0.25, 0.3) is 0 Å². The first-order chi connectivity index (χ1) is 22.1. The summed E-state index contributed by atoms with van der Waals surface area (Å²) < 4.78 is 37.2. The molecule has 0 bridgehead atoms. The Bertz CT molecular complexity index is 1750. The highest BCUT2D eigenvalue weighted by Gasteiger charge is 2.28. The second kappa shape index (κ2) is 14.5. The number of amides is 2. The summed E-state index contributed by atoms with van der Waals surface area (Å²) >= 11 is 6.42. The number of para-hydroxylation sites is 1. The zero-order valence-corrected chi connectivity index (χ0v) is 28.8. The van der Waals surface area contributed by atoms with Gasteiger partial charge in [0, 0.05) is 32.2 Å². The lowest BCUT2D eigenvalue weighted by Crippen LogP contribution is -2.50. The molecule has 2 heterocycles. The molecule has 15 heteroatoms. The Balaban J connectivity index is 1.63. The second-order valence-corrected chi connectivity index (χ2v) is 14.8. The predicted octanol–water partition coefficient (Wildman–Crippen LogP) is 5.99. The van der Waals surface area contributed by atoms with Crippen molar-refractivity contribution >= 4 is 68.0 Å². The summed E-state index contributed by atoms with van der Waals surface area (Å²) in [5.74, 6) is 0.305. The summed E-state index contributed by atoms with van der Waals surface area (Å²) in [6.07, 6.45) is 2.17. The smallest absolute Gasteiger partial charge is 0.410 e. The van der Waals surface area contributed by atoms with E-state index in [1.165, 1.54) is 25.4 Å². The Morgan fingerprint density at radius 1 is 1.04 bits per heavy atom. The van der Waals surface area contributed by atoms with Gasteiger partial charge in [-0.05, 0) is 58.9 Å². The maximum absolute atomic E-state index is 13.0. The highest BCUT2D eigenvalue weighted by molar-refractivity contribution is 7.92. The number of sulfone groups is 1. The van der Waals surface area contributed by atoms with Gasteiger partial charge in [-0.15, -0.1) is 0 Å². The first kappa shape index (κ1) is 35.3. The number of nitrogens with one attached hydrogen (secondary N) is 3. The molecule has 0 aliphatic carbocycles. The van der Waals surface area contributed by atoms with Crippen LogP contribution in [0.3, 0.4) is 0 Å². The summed E-state index contributed by atoms with van der Waals surface area (Å²) in [4.78, 5) is 37.6. The average Bonchev–Trinajstić information content (AvgIpc) is 3.02. The minimum atomic E-state index is -3.61. The van der Waals surface area contributed by atoms with Gasteiger partial charge >= 0.3 is 6.09 Å². The minimum Gasteiger partial charge on any atom is -0.494 e. The van der Waals surface area contributed by atoms with Crippen molar-refractivity contribution in [3.05, 3.63) is 60.3 Å². The quantitative estimate of drug-likeness (QED) is 0.216. The molecule has 0 atom stereocenters. The number of carbonyl (C=O) groups excluding carboxylic acids is 2. The van der Waals surface area contributed by atoms with Crippen LogP contribution >= 0.6 is 11.6 Å². The van der Waals surface area contributed by atoms with Gasteiger partial charge < -0.3 is 35.2 Å². The van der Waals surface area contributed by atoms with Gasteiger partial charge in [-0.1, -0.05) is 30.3 Å². The second-order valence-electron chi connectivity index (χ2n) is 11.9. The number of piperazine rings is 1. The third-order valence-electron chi connectivity index (χ3n) is 7.09. The van der Waals surface area contributed by atoms with Crippen LogP contribution in [0, 0.1) is 0 Å². The SMILES string of the molecule is C=CC(=O)Nc1cc(Nc2ncc(Cl)c(Nc3ccccc3S(=O)(=O)C(C)C)n2)c(OC)cc1N1CCN(C(=O)OC(C)(C)C)CC1. The number of carbonyl (C=O) groups is 2. The van der Waals surface area contributed by atoms with Crippen LogP contribution in [0.25, 0.3) is 0 Å². The molecular weight excluding hydrogens is 646 g/mol. The van der Waals surface area contributed by atoms with Crippen molar-refractivity contribution in [2.75, 3.05) is 54.1 Å². The lowest BCUT2D eigenvalue weighted by atomic mass is 10.1. The van der Waals surface area contributed by atoms with Crippen LogP contribution in [0.2, 0.25) is 5.02 Å². The van der Waals surface area contributed by atoms with E-state index in [1.54, 1.807) is 49.1 Å². The van der Waals surface area contributed by atoms with E-state index in [2.05, 4.69) is 32.5 Å². The number of methoxy groups -OCH3 is 1. The molecule has 2 amide bonds. The molecule has 1 aliphatic rings. The van der Waals surface area contributed by atoms with Gasteiger partial charge in [0.2, 0.25) is 11.9 Å². The number of hydrogen-bond acceptors (Lipinski definition) is 11. The third kappa shape index (κ3) is 8.63. The number of ether oxygens (including phenoxy) is 2. The molecule has 0 saturated carbocycles. The largest absolute Gasteiger partial charge is 0.494 e. The topological polar surface area (TPSA) is 155 Å². The summed E-state index contributed by atoms with van der Waals surface area (Å²) in [5, 5.41) is 8.53. The Morgan fingerprint density at radius 3 is 2.34 bits per heavy atom. The van der Waals surface area contributed by atoms with Crippen LogP contribution in [-0.2, 0) is 19.4 Å². The number of nitrogens with zero attached hydrogens (tertiary/aromatic N) is 4. The molecule has 1 fully saturated rings. The molecule has 3 aromatic rings. The molecular formula is C32H40ClN7O6S. The summed E-state index contributed by atoms with van der Waals surface area (Å²) in [7, 11) is -2.10. The number of anilines is 6. The van der Waals surface area contributed by atoms with E-state index < -0.39 is 26.6 Å². The van der Waals surface area contributed by atoms with Crippen molar-refractivity contribution < 1.29 is 27.5 Å². The molecule has 13 nitrogen and oxygen atoms in total. The van der Waals surface area contributed by atoms with E-state index in [-0.39, 0.29) is 27.8 Å². The summed E-state index contributed by atoms with van der Waals surface area (Å²) in [6.45, 7) is 14.1. The van der Waals surface area contributed by atoms with Gasteiger partial charge in [-0.25, -0.2) is 18.2 Å². The number of benzene rings is 2. The van der Waals surface area contributed by atoms with Crippen LogP contribution in [-0.4, -0.2) is 79.4 Å². The van der Waals surface area contributed by atoms with Gasteiger partial charge in [-0.2, -0.15) is 4.98 Å². The highest BCUT2D eigenvalue weighted by atomic mass is 35.5. The molecule has 0 radical (unpaired) electrons. The van der Waals surface area contributed by atoms with Gasteiger partial charge in [0.15, 0.2) is 15.7 Å². The van der Waals surface area contributed by atoms with Crippen molar-refractivity contribution in [3.63, 3.8) is 0 Å². The summed E-state index contributed by atoms with van der Waals surface area (Å²) in [5.41, 5.74) is 1.28.